The molecule has 28 heavy (non-hydrogen) atoms. The van der Waals surface area contributed by atoms with Gasteiger partial charge in [0.25, 0.3) is 5.91 Å². The summed E-state index contributed by atoms with van der Waals surface area (Å²) in [5, 5.41) is 5.88. The lowest BCUT2D eigenvalue weighted by Gasteiger charge is -2.35. The van der Waals surface area contributed by atoms with Gasteiger partial charge in [0.15, 0.2) is 12.2 Å². The summed E-state index contributed by atoms with van der Waals surface area (Å²) in [4.78, 5) is 34.7. The summed E-state index contributed by atoms with van der Waals surface area (Å²) < 4.78 is 0. The van der Waals surface area contributed by atoms with Crippen LogP contribution in [0.25, 0.3) is 0 Å². The van der Waals surface area contributed by atoms with Crippen molar-refractivity contribution in [2.45, 2.75) is 39.9 Å². The zero-order valence-corrected chi connectivity index (χ0v) is 16.9. The van der Waals surface area contributed by atoms with Crippen molar-refractivity contribution in [1.82, 2.24) is 20.0 Å². The molecule has 1 saturated heterocycles. The van der Waals surface area contributed by atoms with Crippen LogP contribution in [0.1, 0.15) is 25.0 Å². The fourth-order valence-electron chi connectivity index (χ4n) is 3.96. The van der Waals surface area contributed by atoms with Crippen LogP contribution in [0, 0.1) is 13.8 Å². The van der Waals surface area contributed by atoms with Gasteiger partial charge in [-0.3, -0.25) is 15.0 Å². The minimum atomic E-state index is -0.509. The maximum Gasteiger partial charge on any atom is 0.325 e. The Bertz CT molecular complexity index is 921. The summed E-state index contributed by atoms with van der Waals surface area (Å²) in [6.45, 7) is 9.68. The Kier molecular flexibility index (Phi) is 4.28. The van der Waals surface area contributed by atoms with E-state index in [1.54, 1.807) is 7.05 Å². The molecule has 2 N–H and O–H groups in total. The number of rotatable bonds is 4. The van der Waals surface area contributed by atoms with E-state index in [0.29, 0.717) is 6.54 Å². The highest BCUT2D eigenvalue weighted by molar-refractivity contribution is 6.05. The van der Waals surface area contributed by atoms with E-state index < -0.39 is 18.2 Å². The number of guanidine groups is 1. The fraction of sp³-hybridized carbons (Fsp3) is 0.450. The lowest BCUT2D eigenvalue weighted by Crippen LogP contribution is -2.63. The number of allylic oxidation sites excluding steroid dienone is 2. The second kappa shape index (κ2) is 6.54. The number of nitrogens with zero attached hydrogens (tertiary/aromatic N) is 4. The number of urea groups is 1. The van der Waals surface area contributed by atoms with Crippen LogP contribution in [0.3, 0.4) is 0 Å². The molecular weight excluding hydrogens is 356 g/mol. The van der Waals surface area contributed by atoms with Gasteiger partial charge in [-0.25, -0.2) is 9.79 Å². The number of fused-ring (bicyclic) bond motifs is 3. The van der Waals surface area contributed by atoms with Crippen molar-refractivity contribution in [1.29, 1.82) is 0 Å². The topological polar surface area (TPSA) is 80.3 Å². The van der Waals surface area contributed by atoms with Crippen LogP contribution < -0.4 is 10.6 Å². The van der Waals surface area contributed by atoms with E-state index >= 15 is 0 Å². The summed E-state index contributed by atoms with van der Waals surface area (Å²) in [5.41, 5.74) is 5.69. The monoisotopic (exact) mass is 382 g/mol. The number of likely N-dealkylation sites (N-methyl/N-ethyl adjacent to an activating group) is 1. The Hall–Kier alpha value is -3.03. The zero-order chi connectivity index (χ0) is 20.2. The number of carbonyl (C=O) groups excluding carboxylic acids is 2. The van der Waals surface area contributed by atoms with Gasteiger partial charge in [-0.15, -0.1) is 0 Å². The first kappa shape index (κ1) is 18.3. The van der Waals surface area contributed by atoms with E-state index in [2.05, 4.69) is 47.6 Å². The third-order valence-electron chi connectivity index (χ3n) is 5.94. The number of anilines is 1. The molecule has 0 saturated carbocycles. The molecule has 8 heteroatoms. The molecule has 4 rings (SSSR count). The maximum atomic E-state index is 12.5. The van der Waals surface area contributed by atoms with Crippen LogP contribution >= 0.6 is 0 Å². The molecule has 0 radical (unpaired) electrons. The average molecular weight is 382 g/mol. The highest BCUT2D eigenvalue weighted by atomic mass is 16.2. The normalized spacial score (nSPS) is 23.8. The average Bonchev–Trinajstić information content (AvgIpc) is 3.15. The summed E-state index contributed by atoms with van der Waals surface area (Å²) in [7, 11) is 1.67. The molecule has 2 atom stereocenters. The minimum Gasteiger partial charge on any atom is -0.383 e. The lowest BCUT2D eigenvalue weighted by molar-refractivity contribution is -0.126. The molecule has 2 unspecified atom stereocenters. The van der Waals surface area contributed by atoms with Crippen LogP contribution in [0.4, 0.5) is 10.5 Å². The van der Waals surface area contributed by atoms with Crippen molar-refractivity contribution in [2.75, 3.05) is 25.5 Å². The molecule has 1 aromatic carbocycles. The molecule has 3 heterocycles. The number of carbonyl (C=O) groups is 2. The van der Waals surface area contributed by atoms with Gasteiger partial charge in [0.1, 0.15) is 0 Å². The van der Waals surface area contributed by atoms with Crippen molar-refractivity contribution in [3.05, 3.63) is 40.7 Å². The van der Waals surface area contributed by atoms with Crippen LogP contribution in [-0.2, 0) is 4.79 Å². The number of aliphatic imine (C=N–C) groups is 1. The molecular formula is C20H26N6O2. The number of benzene rings is 1. The summed E-state index contributed by atoms with van der Waals surface area (Å²) >= 11 is 0. The first-order valence-corrected chi connectivity index (χ1v) is 9.50. The van der Waals surface area contributed by atoms with E-state index in [4.69, 9.17) is 4.99 Å². The number of aryl methyl sites for hydroxylation is 2. The Morgan fingerprint density at radius 2 is 1.86 bits per heavy atom. The van der Waals surface area contributed by atoms with Crippen LogP contribution in [0.15, 0.2) is 34.6 Å². The Morgan fingerprint density at radius 3 is 2.57 bits per heavy atom. The summed E-state index contributed by atoms with van der Waals surface area (Å²) in [6.07, 6.45) is -0.491. The van der Waals surface area contributed by atoms with Gasteiger partial charge >= 0.3 is 6.03 Å². The highest BCUT2D eigenvalue weighted by Gasteiger charge is 2.52. The molecule has 3 amide bonds. The first-order valence-electron chi connectivity index (χ1n) is 9.50. The van der Waals surface area contributed by atoms with Gasteiger partial charge in [0.2, 0.25) is 5.96 Å². The quantitative estimate of drug-likeness (QED) is 0.831. The first-order chi connectivity index (χ1) is 13.3. The molecule has 0 bridgehead atoms. The maximum absolute atomic E-state index is 12.5. The van der Waals surface area contributed by atoms with Crippen molar-refractivity contribution in [3.63, 3.8) is 0 Å². The van der Waals surface area contributed by atoms with Crippen molar-refractivity contribution >= 4 is 23.6 Å². The molecule has 1 aromatic rings. The molecule has 1 fully saturated rings. The van der Waals surface area contributed by atoms with Gasteiger partial charge in [-0.1, -0.05) is 6.07 Å². The van der Waals surface area contributed by atoms with Crippen molar-refractivity contribution < 1.29 is 9.59 Å². The van der Waals surface area contributed by atoms with E-state index in [1.807, 2.05) is 18.7 Å². The van der Waals surface area contributed by atoms with Crippen LogP contribution in [-0.4, -0.2) is 64.9 Å². The Balaban J connectivity index is 1.51. The van der Waals surface area contributed by atoms with Gasteiger partial charge in [0.05, 0.1) is 0 Å². The third kappa shape index (κ3) is 2.71. The standard InChI is InChI=1S/C20H26N6O2/c1-11-6-7-15(10-12(11)2)21-8-9-25-13(3)14(4)26-16-17(22-19(25)26)24(5)20(28)23-18(16)27/h6-7,10,16-17,21H,8-9H2,1-5H3,(H,23,27,28). The summed E-state index contributed by atoms with van der Waals surface area (Å²) in [6, 6.07) is 5.43. The molecule has 0 spiro atoms. The Morgan fingerprint density at radius 1 is 1.11 bits per heavy atom. The van der Waals surface area contributed by atoms with Crippen LogP contribution in [0.5, 0.6) is 0 Å². The van der Waals surface area contributed by atoms with Gasteiger partial charge < -0.3 is 15.1 Å². The molecule has 3 aliphatic heterocycles. The number of amides is 3. The lowest BCUT2D eigenvalue weighted by atomic mass is 10.1. The molecule has 148 valence electrons. The Labute approximate surface area is 164 Å². The number of hydrogen-bond donors (Lipinski definition) is 2. The van der Waals surface area contributed by atoms with Gasteiger partial charge in [0, 0.05) is 37.2 Å². The van der Waals surface area contributed by atoms with E-state index in [9.17, 15) is 9.59 Å². The molecule has 3 aliphatic rings. The highest BCUT2D eigenvalue weighted by Crippen LogP contribution is 2.35. The SMILES string of the molecule is CC1=C(C)N2C(=NC3C2C(=O)NC(=O)N3C)N1CCNc1ccc(C)c(C)c1. The molecule has 0 aromatic heterocycles. The second-order valence-corrected chi connectivity index (χ2v) is 7.61. The molecule has 8 nitrogen and oxygen atoms in total. The van der Waals surface area contributed by atoms with E-state index in [0.717, 1.165) is 29.6 Å². The van der Waals surface area contributed by atoms with E-state index in [1.165, 1.54) is 16.0 Å². The third-order valence-corrected chi connectivity index (χ3v) is 5.94. The largest absolute Gasteiger partial charge is 0.383 e. The smallest absolute Gasteiger partial charge is 0.325 e. The predicted molar refractivity (Wildman–Crippen MR) is 108 cm³/mol. The summed E-state index contributed by atoms with van der Waals surface area (Å²) in [5.74, 6) is 0.442. The number of hydrogen-bond acceptors (Lipinski definition) is 6. The number of nitrogens with one attached hydrogen (secondary N) is 2. The fourth-order valence-corrected chi connectivity index (χ4v) is 3.96. The van der Waals surface area contributed by atoms with Gasteiger partial charge in [-0.05, 0) is 51.0 Å². The zero-order valence-electron chi connectivity index (χ0n) is 16.9. The second-order valence-electron chi connectivity index (χ2n) is 7.61. The number of imide groups is 1. The van der Waals surface area contributed by atoms with Crippen LogP contribution in [0.2, 0.25) is 0 Å². The van der Waals surface area contributed by atoms with E-state index in [-0.39, 0.29) is 5.91 Å². The van der Waals surface area contributed by atoms with Gasteiger partial charge in [-0.2, -0.15) is 0 Å². The van der Waals surface area contributed by atoms with Crippen molar-refractivity contribution in [3.8, 4) is 0 Å². The minimum absolute atomic E-state index is 0.297. The predicted octanol–water partition coefficient (Wildman–Crippen LogP) is 1.83. The van der Waals surface area contributed by atoms with Crippen molar-refractivity contribution in [2.24, 2.45) is 4.99 Å². The molecule has 0 aliphatic carbocycles.